The number of carbonyl (C=O) groups is 2. The molecule has 3 heterocycles. The van der Waals surface area contributed by atoms with Crippen LogP contribution in [0.5, 0.6) is 0 Å². The maximum absolute atomic E-state index is 13.0. The lowest BCUT2D eigenvalue weighted by molar-refractivity contribution is -0.147. The third-order valence-corrected chi connectivity index (χ3v) is 7.17. The number of piperidine rings is 2. The lowest BCUT2D eigenvalue weighted by Gasteiger charge is -2.36. The summed E-state index contributed by atoms with van der Waals surface area (Å²) in [7, 11) is 0. The Morgan fingerprint density at radius 2 is 1.56 bits per heavy atom. The highest BCUT2D eigenvalue weighted by atomic mass is 16.4. The van der Waals surface area contributed by atoms with Gasteiger partial charge < -0.3 is 14.9 Å². The summed E-state index contributed by atoms with van der Waals surface area (Å²) in [4.78, 5) is 38.2. The van der Waals surface area contributed by atoms with Gasteiger partial charge in [0.05, 0.1) is 17.1 Å². The molecule has 1 amide bonds. The maximum Gasteiger partial charge on any atom is 0.306 e. The molecule has 2 saturated heterocycles. The predicted molar refractivity (Wildman–Crippen MR) is 132 cm³/mol. The van der Waals surface area contributed by atoms with Gasteiger partial charge in [-0.2, -0.15) is 0 Å². The number of hydrogen-bond donors (Lipinski definition) is 1. The molecule has 34 heavy (non-hydrogen) atoms. The molecule has 5 rings (SSSR count). The molecular formula is C27H30N4O3. The predicted octanol–water partition coefficient (Wildman–Crippen LogP) is 4.14. The van der Waals surface area contributed by atoms with Crippen molar-refractivity contribution in [2.75, 3.05) is 31.1 Å². The number of carboxylic acid groups (broad SMARTS) is 1. The molecule has 0 bridgehead atoms. The summed E-state index contributed by atoms with van der Waals surface area (Å²) in [6.45, 7) is 4.63. The number of aromatic nitrogens is 2. The van der Waals surface area contributed by atoms with E-state index in [1.165, 1.54) is 5.56 Å². The summed E-state index contributed by atoms with van der Waals surface area (Å²) in [6.07, 6.45) is 2.61. The Balaban J connectivity index is 1.32. The number of nitrogens with zero attached hydrogens (tertiary/aromatic N) is 4. The molecule has 1 aromatic heterocycles. The van der Waals surface area contributed by atoms with Crippen LogP contribution in [0.15, 0.2) is 48.5 Å². The van der Waals surface area contributed by atoms with Gasteiger partial charge in [-0.25, -0.2) is 9.97 Å². The summed E-state index contributed by atoms with van der Waals surface area (Å²) in [5.74, 6) is -0.208. The van der Waals surface area contributed by atoms with Crippen LogP contribution in [0, 0.1) is 18.8 Å². The minimum absolute atomic E-state index is 0.0191. The van der Waals surface area contributed by atoms with Crippen molar-refractivity contribution in [2.24, 2.45) is 11.8 Å². The summed E-state index contributed by atoms with van der Waals surface area (Å²) >= 11 is 0. The monoisotopic (exact) mass is 458 g/mol. The Morgan fingerprint density at radius 3 is 2.24 bits per heavy atom. The molecule has 2 aliphatic heterocycles. The van der Waals surface area contributed by atoms with E-state index in [1.807, 2.05) is 23.1 Å². The van der Waals surface area contributed by atoms with Crippen molar-refractivity contribution in [1.82, 2.24) is 14.9 Å². The third-order valence-electron chi connectivity index (χ3n) is 7.17. The van der Waals surface area contributed by atoms with Gasteiger partial charge in [-0.1, -0.05) is 42.0 Å². The van der Waals surface area contributed by atoms with Gasteiger partial charge in [0.2, 0.25) is 11.9 Å². The molecule has 7 nitrogen and oxygen atoms in total. The number of aliphatic carboxylic acids is 1. The van der Waals surface area contributed by atoms with Gasteiger partial charge in [0, 0.05) is 43.0 Å². The fraction of sp³-hybridized carbons (Fsp3) is 0.407. The maximum atomic E-state index is 13.0. The smallest absolute Gasteiger partial charge is 0.306 e. The first-order valence-electron chi connectivity index (χ1n) is 12.1. The Labute approximate surface area is 199 Å². The van der Waals surface area contributed by atoms with E-state index >= 15 is 0 Å². The van der Waals surface area contributed by atoms with E-state index in [1.54, 1.807) is 0 Å². The molecule has 0 aliphatic carbocycles. The minimum atomic E-state index is -0.749. The van der Waals surface area contributed by atoms with Gasteiger partial charge in [-0.05, 0) is 44.7 Å². The standard InChI is InChI=1S/C27H30N4O3/c1-18-7-8-23-22(17-18)24(19-5-3-2-4-6-19)29-27(28-23)31-15-9-20(10-16-31)25(32)30-13-11-21(12-14-30)26(33)34/h2-8,17,20-21H,9-16H2,1H3,(H,33,34). The van der Waals surface area contributed by atoms with E-state index in [4.69, 9.17) is 9.97 Å². The number of anilines is 1. The van der Waals surface area contributed by atoms with Crippen molar-refractivity contribution >= 4 is 28.7 Å². The Kier molecular flexibility index (Phi) is 6.18. The van der Waals surface area contributed by atoms with Crippen molar-refractivity contribution in [2.45, 2.75) is 32.6 Å². The van der Waals surface area contributed by atoms with Crippen LogP contribution >= 0.6 is 0 Å². The summed E-state index contributed by atoms with van der Waals surface area (Å²) < 4.78 is 0. The van der Waals surface area contributed by atoms with Gasteiger partial charge in [0.25, 0.3) is 0 Å². The quantitative estimate of drug-likeness (QED) is 0.632. The lowest BCUT2D eigenvalue weighted by atomic mass is 9.92. The molecule has 2 aromatic carbocycles. The molecular weight excluding hydrogens is 428 g/mol. The summed E-state index contributed by atoms with van der Waals surface area (Å²) in [5, 5.41) is 10.2. The van der Waals surface area contributed by atoms with E-state index in [9.17, 15) is 14.7 Å². The number of carbonyl (C=O) groups excluding carboxylic acids is 1. The Hall–Kier alpha value is -3.48. The number of amides is 1. The highest BCUT2D eigenvalue weighted by Gasteiger charge is 2.33. The van der Waals surface area contributed by atoms with E-state index in [2.05, 4.69) is 42.2 Å². The Bertz CT molecular complexity index is 1200. The zero-order valence-corrected chi connectivity index (χ0v) is 19.5. The molecule has 176 valence electrons. The number of carboxylic acids is 1. The first-order chi connectivity index (χ1) is 16.5. The normalized spacial score (nSPS) is 17.8. The average molecular weight is 459 g/mol. The van der Waals surface area contributed by atoms with Gasteiger partial charge in [-0.15, -0.1) is 0 Å². The second-order valence-corrected chi connectivity index (χ2v) is 9.46. The summed E-state index contributed by atoms with van der Waals surface area (Å²) in [5.41, 5.74) is 4.10. The van der Waals surface area contributed by atoms with Crippen LogP contribution in [0.1, 0.15) is 31.2 Å². The van der Waals surface area contributed by atoms with Gasteiger partial charge in [0.1, 0.15) is 0 Å². The zero-order valence-electron chi connectivity index (χ0n) is 19.5. The van der Waals surface area contributed by atoms with Crippen LogP contribution < -0.4 is 4.90 Å². The molecule has 0 atom stereocenters. The van der Waals surface area contributed by atoms with Crippen molar-refractivity contribution < 1.29 is 14.7 Å². The van der Waals surface area contributed by atoms with E-state index < -0.39 is 5.97 Å². The number of hydrogen-bond acceptors (Lipinski definition) is 5. The number of aryl methyl sites for hydroxylation is 1. The van der Waals surface area contributed by atoms with Crippen molar-refractivity contribution in [1.29, 1.82) is 0 Å². The summed E-state index contributed by atoms with van der Waals surface area (Å²) in [6, 6.07) is 16.5. The number of benzene rings is 2. The van der Waals surface area contributed by atoms with Crippen molar-refractivity contribution in [3.05, 3.63) is 54.1 Å². The third kappa shape index (κ3) is 4.47. The lowest BCUT2D eigenvalue weighted by Crippen LogP contribution is -2.46. The van der Waals surface area contributed by atoms with Crippen molar-refractivity contribution in [3.63, 3.8) is 0 Å². The topological polar surface area (TPSA) is 86.6 Å². The van der Waals surface area contributed by atoms with Crippen molar-refractivity contribution in [3.8, 4) is 11.3 Å². The van der Waals surface area contributed by atoms with Crippen LogP contribution in [-0.2, 0) is 9.59 Å². The van der Waals surface area contributed by atoms with Gasteiger partial charge >= 0.3 is 5.97 Å². The van der Waals surface area contributed by atoms with Crippen LogP contribution in [0.3, 0.4) is 0 Å². The van der Waals surface area contributed by atoms with E-state index in [0.29, 0.717) is 31.9 Å². The van der Waals surface area contributed by atoms with E-state index in [0.717, 1.165) is 48.1 Å². The fourth-order valence-corrected chi connectivity index (χ4v) is 5.12. The molecule has 2 aliphatic rings. The second kappa shape index (κ2) is 9.41. The Morgan fingerprint density at radius 1 is 0.882 bits per heavy atom. The molecule has 0 radical (unpaired) electrons. The number of rotatable bonds is 4. The average Bonchev–Trinajstić information content (AvgIpc) is 2.88. The first-order valence-corrected chi connectivity index (χ1v) is 12.1. The molecule has 7 heteroatoms. The zero-order chi connectivity index (χ0) is 23.7. The van der Waals surface area contributed by atoms with Gasteiger partial charge in [0.15, 0.2) is 0 Å². The highest BCUT2D eigenvalue weighted by molar-refractivity contribution is 5.93. The van der Waals surface area contributed by atoms with Crippen LogP contribution in [0.25, 0.3) is 22.2 Å². The molecule has 0 saturated carbocycles. The molecule has 1 N–H and O–H groups in total. The SMILES string of the molecule is Cc1ccc2nc(N3CCC(C(=O)N4CCC(C(=O)O)CC4)CC3)nc(-c3ccccc3)c2c1. The number of likely N-dealkylation sites (tertiary alicyclic amines) is 1. The van der Waals surface area contributed by atoms with Crippen LogP contribution in [-0.4, -0.2) is 58.0 Å². The molecule has 3 aromatic rings. The molecule has 0 spiro atoms. The molecule has 0 unspecified atom stereocenters. The second-order valence-electron chi connectivity index (χ2n) is 9.46. The first kappa shape index (κ1) is 22.3. The highest BCUT2D eigenvalue weighted by Crippen LogP contribution is 2.31. The van der Waals surface area contributed by atoms with E-state index in [-0.39, 0.29) is 17.7 Å². The number of fused-ring (bicyclic) bond motifs is 1. The fourth-order valence-electron chi connectivity index (χ4n) is 5.12. The van der Waals surface area contributed by atoms with Crippen LogP contribution in [0.2, 0.25) is 0 Å². The largest absolute Gasteiger partial charge is 0.481 e. The molecule has 2 fully saturated rings. The minimum Gasteiger partial charge on any atom is -0.481 e. The van der Waals surface area contributed by atoms with Crippen LogP contribution in [0.4, 0.5) is 5.95 Å². The van der Waals surface area contributed by atoms with Gasteiger partial charge in [-0.3, -0.25) is 9.59 Å².